The van der Waals surface area contributed by atoms with E-state index in [9.17, 15) is 9.18 Å². The van der Waals surface area contributed by atoms with E-state index in [-0.39, 0.29) is 22.6 Å². The Morgan fingerprint density at radius 2 is 1.64 bits per heavy atom. The number of hydrogen-bond donors (Lipinski definition) is 3. The van der Waals surface area contributed by atoms with Crippen molar-refractivity contribution in [3.8, 4) is 0 Å². The van der Waals surface area contributed by atoms with E-state index in [4.69, 9.17) is 9.47 Å². The van der Waals surface area contributed by atoms with Crippen LogP contribution in [0, 0.1) is 5.92 Å². The van der Waals surface area contributed by atoms with Crippen molar-refractivity contribution in [2.24, 2.45) is 5.92 Å². The van der Waals surface area contributed by atoms with Crippen LogP contribution in [0.1, 0.15) is 65.1 Å². The van der Waals surface area contributed by atoms with Gasteiger partial charge >= 0.3 is 0 Å². The van der Waals surface area contributed by atoms with Gasteiger partial charge in [0.15, 0.2) is 0 Å². The van der Waals surface area contributed by atoms with Crippen LogP contribution in [0.15, 0.2) is 0 Å². The Hall–Kier alpha value is -0.760. The summed E-state index contributed by atoms with van der Waals surface area (Å²) >= 11 is 0. The molecule has 0 aliphatic heterocycles. The lowest BCUT2D eigenvalue weighted by Gasteiger charge is -2.29. The average molecular weight is 412 g/mol. The fraction of sp³-hybridized carbons (Fsp3) is 0.952. The molecule has 0 aliphatic rings. The normalized spacial score (nSPS) is 14.3. The van der Waals surface area contributed by atoms with Crippen LogP contribution in [0.25, 0.3) is 0 Å². The Morgan fingerprint density at radius 3 is 2.25 bits per heavy atom. The Labute approximate surface area is 176 Å². The Kier molecular flexibility index (Phi) is 15.6. The first-order valence-corrected chi connectivity index (χ1v) is 10.9. The molecular weight excluding hydrogens is 361 g/mol. The number of halogens is 1. The van der Waals surface area contributed by atoms with Crippen molar-refractivity contribution >= 4 is 5.91 Å². The molecule has 1 amide bonds. The summed E-state index contributed by atoms with van der Waals surface area (Å²) in [5.74, 6) is -0.127. The number of amides is 1. The van der Waals surface area contributed by atoms with Gasteiger partial charge in [0.05, 0.1) is 32.0 Å². The Balaban J connectivity index is -0.00000121. The molecule has 0 spiro atoms. The number of ether oxygens (including phenoxy) is 2. The fourth-order valence-corrected chi connectivity index (χ4v) is 2.61. The van der Waals surface area contributed by atoms with Gasteiger partial charge in [0.2, 0.25) is 5.91 Å². The van der Waals surface area contributed by atoms with E-state index in [1.54, 1.807) is 13.8 Å². The molecule has 7 heteroatoms. The molecule has 0 rings (SSSR count). The van der Waals surface area contributed by atoms with Crippen LogP contribution in [-0.2, 0) is 14.3 Å². The summed E-state index contributed by atoms with van der Waals surface area (Å²) in [5.41, 5.74) is -0.943. The molecule has 6 nitrogen and oxygen atoms in total. The third-order valence-corrected chi connectivity index (χ3v) is 5.09. The van der Waals surface area contributed by atoms with Crippen molar-refractivity contribution in [2.75, 3.05) is 46.0 Å². The molecule has 0 bridgehead atoms. The van der Waals surface area contributed by atoms with E-state index in [1.165, 1.54) is 0 Å². The lowest BCUT2D eigenvalue weighted by molar-refractivity contribution is -0.126. The van der Waals surface area contributed by atoms with Gasteiger partial charge < -0.3 is 25.4 Å². The smallest absolute Gasteiger partial charge is 0.223 e. The van der Waals surface area contributed by atoms with Crippen LogP contribution in [0.5, 0.6) is 0 Å². The highest BCUT2D eigenvalue weighted by molar-refractivity contribution is 5.78. The SMILES string of the molecule is CCC(C)NCCOCCNCCOC(C)(C)C(F)CNC(=O)C(CC)CC.[HH].[HH].[HH]. The van der Waals surface area contributed by atoms with Gasteiger partial charge in [-0.05, 0) is 40.0 Å². The molecule has 0 heterocycles. The highest BCUT2D eigenvalue weighted by atomic mass is 19.1. The second-order valence-corrected chi connectivity index (χ2v) is 7.80. The molecule has 0 aliphatic carbocycles. The summed E-state index contributed by atoms with van der Waals surface area (Å²) in [5, 5.41) is 9.30. The third-order valence-electron chi connectivity index (χ3n) is 5.09. The first kappa shape index (κ1) is 27.2. The molecule has 2 unspecified atom stereocenters. The predicted octanol–water partition coefficient (Wildman–Crippen LogP) is 3.40. The second-order valence-electron chi connectivity index (χ2n) is 7.80. The number of hydrogen-bond acceptors (Lipinski definition) is 5. The summed E-state index contributed by atoms with van der Waals surface area (Å²) in [4.78, 5) is 12.0. The molecule has 174 valence electrons. The predicted molar refractivity (Wildman–Crippen MR) is 120 cm³/mol. The maximum atomic E-state index is 14.5. The van der Waals surface area contributed by atoms with Crippen LogP contribution in [-0.4, -0.2) is 69.7 Å². The summed E-state index contributed by atoms with van der Waals surface area (Å²) in [6.07, 6.45) is 1.39. The lowest BCUT2D eigenvalue weighted by atomic mass is 10.0. The van der Waals surface area contributed by atoms with Crippen molar-refractivity contribution in [1.82, 2.24) is 16.0 Å². The van der Waals surface area contributed by atoms with Crippen LogP contribution >= 0.6 is 0 Å². The number of carbonyl (C=O) groups excluding carboxylic acids is 1. The number of nitrogens with one attached hydrogen (secondary N) is 3. The largest absolute Gasteiger partial charge is 0.379 e. The summed E-state index contributed by atoms with van der Waals surface area (Å²) in [6, 6.07) is 0.523. The van der Waals surface area contributed by atoms with E-state index in [2.05, 4.69) is 29.8 Å². The molecule has 0 aromatic heterocycles. The minimum Gasteiger partial charge on any atom is -0.379 e. The van der Waals surface area contributed by atoms with Crippen LogP contribution in [0.4, 0.5) is 4.39 Å². The van der Waals surface area contributed by atoms with E-state index < -0.39 is 11.8 Å². The third kappa shape index (κ3) is 12.6. The Bertz CT molecular complexity index is 407. The average Bonchev–Trinajstić information content (AvgIpc) is 2.67. The highest BCUT2D eigenvalue weighted by Crippen LogP contribution is 2.18. The van der Waals surface area contributed by atoms with Gasteiger partial charge in [-0.25, -0.2) is 4.39 Å². The molecule has 2 atom stereocenters. The zero-order valence-electron chi connectivity index (χ0n) is 18.9. The number of carbonyl (C=O) groups is 1. The molecule has 0 fully saturated rings. The summed E-state index contributed by atoms with van der Waals surface area (Å²) in [6.45, 7) is 15.6. The van der Waals surface area contributed by atoms with Gasteiger partial charge in [-0.2, -0.15) is 0 Å². The van der Waals surface area contributed by atoms with Crippen molar-refractivity contribution < 1.29 is 22.9 Å². The minimum absolute atomic E-state index is 0. The van der Waals surface area contributed by atoms with Crippen molar-refractivity contribution in [1.29, 1.82) is 0 Å². The standard InChI is InChI=1S/C21H44FN3O3.3H2/c1-7-17(4)24-12-14-27-13-10-23-11-15-28-21(5,6)19(22)16-25-20(26)18(8-2)9-3;;;/h17-19,23-24H,7-16H2,1-6H3,(H,25,26);3*1H. The highest BCUT2D eigenvalue weighted by Gasteiger charge is 2.31. The first-order valence-electron chi connectivity index (χ1n) is 10.9. The van der Waals surface area contributed by atoms with Crippen molar-refractivity contribution in [3.05, 3.63) is 0 Å². The summed E-state index contributed by atoms with van der Waals surface area (Å²) < 4.78 is 25.7. The molecule has 0 saturated carbocycles. The van der Waals surface area contributed by atoms with Gasteiger partial charge in [0.25, 0.3) is 0 Å². The van der Waals surface area contributed by atoms with Crippen LogP contribution in [0.2, 0.25) is 0 Å². The first-order chi connectivity index (χ1) is 13.3. The molecule has 28 heavy (non-hydrogen) atoms. The zero-order chi connectivity index (χ0) is 21.4. The van der Waals surface area contributed by atoms with Gasteiger partial charge in [0, 0.05) is 35.9 Å². The monoisotopic (exact) mass is 411 g/mol. The van der Waals surface area contributed by atoms with Crippen LogP contribution in [0.3, 0.4) is 0 Å². The van der Waals surface area contributed by atoms with Gasteiger partial charge in [-0.1, -0.05) is 20.8 Å². The fourth-order valence-electron chi connectivity index (χ4n) is 2.61. The molecular formula is C21H50FN3O3. The number of alkyl halides is 1. The molecule has 0 aromatic rings. The molecule has 0 aromatic carbocycles. The minimum atomic E-state index is -1.26. The summed E-state index contributed by atoms with van der Waals surface area (Å²) in [7, 11) is 0. The topological polar surface area (TPSA) is 71.6 Å². The van der Waals surface area contributed by atoms with Gasteiger partial charge in [-0.15, -0.1) is 0 Å². The molecule has 3 N–H and O–H groups in total. The van der Waals surface area contributed by atoms with E-state index in [0.717, 1.165) is 32.4 Å². The number of rotatable bonds is 18. The van der Waals surface area contributed by atoms with Gasteiger partial charge in [-0.3, -0.25) is 4.79 Å². The zero-order valence-corrected chi connectivity index (χ0v) is 18.9. The molecule has 0 radical (unpaired) electrons. The van der Waals surface area contributed by atoms with E-state index in [1.807, 2.05) is 13.8 Å². The van der Waals surface area contributed by atoms with Crippen molar-refractivity contribution in [3.63, 3.8) is 0 Å². The maximum absolute atomic E-state index is 14.5. The van der Waals surface area contributed by atoms with Crippen molar-refractivity contribution in [2.45, 2.75) is 78.6 Å². The second kappa shape index (κ2) is 16.1. The lowest BCUT2D eigenvalue weighted by Crippen LogP contribution is -2.46. The Morgan fingerprint density at radius 1 is 1.04 bits per heavy atom. The maximum Gasteiger partial charge on any atom is 0.223 e. The van der Waals surface area contributed by atoms with E-state index >= 15 is 0 Å². The quantitative estimate of drug-likeness (QED) is 0.302. The van der Waals surface area contributed by atoms with E-state index in [0.29, 0.717) is 32.4 Å². The molecule has 0 saturated heterocycles. The van der Waals surface area contributed by atoms with Gasteiger partial charge in [0.1, 0.15) is 6.17 Å². The van der Waals surface area contributed by atoms with Crippen LogP contribution < -0.4 is 16.0 Å².